The molecule has 1 aliphatic heterocycles. The van der Waals surface area contributed by atoms with Gasteiger partial charge in [0.2, 0.25) is 0 Å². The molecule has 2 rings (SSSR count). The molecule has 0 amide bonds. The Morgan fingerprint density at radius 1 is 1.47 bits per heavy atom. The van der Waals surface area contributed by atoms with Crippen LogP contribution in [0.3, 0.4) is 0 Å². The fraction of sp³-hybridized carbons (Fsp3) is 0.714. The second-order valence-electron chi connectivity index (χ2n) is 3.38. The standard InChI is InChI=1S/C7H8F3N3OS/c8-7(9,10)5-12-4(13-14-5)6(11)1-2-15-3-6/h1-3,11H2. The first-order valence-electron chi connectivity index (χ1n) is 4.20. The van der Waals surface area contributed by atoms with Gasteiger partial charge in [0.25, 0.3) is 0 Å². The Morgan fingerprint density at radius 2 is 2.20 bits per heavy atom. The maximum atomic E-state index is 12.2. The summed E-state index contributed by atoms with van der Waals surface area (Å²) in [4.78, 5) is 3.29. The minimum atomic E-state index is -4.60. The number of thioether (sulfide) groups is 1. The summed E-state index contributed by atoms with van der Waals surface area (Å²) in [5.41, 5.74) is 4.99. The molecule has 0 aromatic carbocycles. The smallest absolute Gasteiger partial charge is 0.329 e. The minimum absolute atomic E-state index is 0.0557. The molecular weight excluding hydrogens is 231 g/mol. The van der Waals surface area contributed by atoms with Crippen molar-refractivity contribution in [3.8, 4) is 0 Å². The molecule has 8 heteroatoms. The van der Waals surface area contributed by atoms with E-state index in [-0.39, 0.29) is 5.82 Å². The molecule has 4 nitrogen and oxygen atoms in total. The van der Waals surface area contributed by atoms with Gasteiger partial charge in [-0.25, -0.2) is 0 Å². The van der Waals surface area contributed by atoms with E-state index in [0.717, 1.165) is 5.75 Å². The zero-order chi connectivity index (χ0) is 11.1. The number of hydrogen-bond donors (Lipinski definition) is 1. The Hall–Kier alpha value is -0.760. The predicted octanol–water partition coefficient (Wildman–Crippen LogP) is 1.38. The Morgan fingerprint density at radius 3 is 2.67 bits per heavy atom. The number of nitrogens with two attached hydrogens (primary N) is 1. The van der Waals surface area contributed by atoms with Gasteiger partial charge in [0.05, 0.1) is 5.54 Å². The van der Waals surface area contributed by atoms with Crippen molar-refractivity contribution in [1.82, 2.24) is 10.1 Å². The number of rotatable bonds is 1. The van der Waals surface area contributed by atoms with Crippen LogP contribution in [-0.2, 0) is 11.7 Å². The number of halogens is 3. The molecule has 0 saturated carbocycles. The predicted molar refractivity (Wildman–Crippen MR) is 47.1 cm³/mol. The van der Waals surface area contributed by atoms with Crippen LogP contribution in [0.4, 0.5) is 13.2 Å². The highest BCUT2D eigenvalue weighted by Crippen LogP contribution is 2.35. The van der Waals surface area contributed by atoms with Gasteiger partial charge in [0.1, 0.15) is 0 Å². The van der Waals surface area contributed by atoms with Crippen molar-refractivity contribution in [3.05, 3.63) is 11.7 Å². The highest BCUT2D eigenvalue weighted by Gasteiger charge is 2.42. The SMILES string of the molecule is NC1(c2noc(C(F)(F)F)n2)CCSC1. The first kappa shape index (κ1) is 10.7. The third-order valence-electron chi connectivity index (χ3n) is 2.17. The van der Waals surface area contributed by atoms with E-state index in [4.69, 9.17) is 5.73 Å². The van der Waals surface area contributed by atoms with Crippen LogP contribution in [0.5, 0.6) is 0 Å². The summed E-state index contributed by atoms with van der Waals surface area (Å²) in [7, 11) is 0. The van der Waals surface area contributed by atoms with Crippen LogP contribution < -0.4 is 5.73 Å². The van der Waals surface area contributed by atoms with Crippen LogP contribution in [0.2, 0.25) is 0 Å². The van der Waals surface area contributed by atoms with Gasteiger partial charge in [-0.05, 0) is 12.2 Å². The molecule has 0 aliphatic carbocycles. The largest absolute Gasteiger partial charge is 0.471 e. The third kappa shape index (κ3) is 1.96. The summed E-state index contributed by atoms with van der Waals surface area (Å²) in [6, 6.07) is 0. The molecule has 1 aromatic heterocycles. The average molecular weight is 239 g/mol. The number of hydrogen-bond acceptors (Lipinski definition) is 5. The van der Waals surface area contributed by atoms with E-state index in [1.165, 1.54) is 0 Å². The summed E-state index contributed by atoms with van der Waals surface area (Å²) in [5, 5.41) is 3.29. The lowest BCUT2D eigenvalue weighted by Crippen LogP contribution is -2.37. The van der Waals surface area contributed by atoms with Gasteiger partial charge in [-0.3, -0.25) is 0 Å². The second kappa shape index (κ2) is 3.38. The average Bonchev–Trinajstić information content (AvgIpc) is 2.69. The number of aromatic nitrogens is 2. The number of alkyl halides is 3. The lowest BCUT2D eigenvalue weighted by atomic mass is 10.0. The van der Waals surface area contributed by atoms with E-state index in [1.807, 2.05) is 0 Å². The van der Waals surface area contributed by atoms with E-state index in [0.29, 0.717) is 12.2 Å². The van der Waals surface area contributed by atoms with Crippen molar-refractivity contribution in [2.75, 3.05) is 11.5 Å². The maximum Gasteiger partial charge on any atom is 0.471 e. The Kier molecular flexibility index (Phi) is 2.42. The van der Waals surface area contributed by atoms with Crippen LogP contribution in [0.25, 0.3) is 0 Å². The molecule has 2 N–H and O–H groups in total. The van der Waals surface area contributed by atoms with Gasteiger partial charge in [-0.2, -0.15) is 29.9 Å². The third-order valence-corrected chi connectivity index (χ3v) is 3.38. The molecule has 84 valence electrons. The van der Waals surface area contributed by atoms with Crippen LogP contribution in [0.15, 0.2) is 4.52 Å². The van der Waals surface area contributed by atoms with Crippen LogP contribution in [0.1, 0.15) is 18.1 Å². The van der Waals surface area contributed by atoms with Crippen LogP contribution in [0, 0.1) is 0 Å². The van der Waals surface area contributed by atoms with Crippen molar-refractivity contribution in [3.63, 3.8) is 0 Å². The lowest BCUT2D eigenvalue weighted by Gasteiger charge is -2.16. The van der Waals surface area contributed by atoms with Gasteiger partial charge in [0, 0.05) is 5.75 Å². The Bertz CT molecular complexity index is 359. The van der Waals surface area contributed by atoms with Crippen molar-refractivity contribution >= 4 is 11.8 Å². The summed E-state index contributed by atoms with van der Waals surface area (Å²) in [5.74, 6) is -0.0741. The van der Waals surface area contributed by atoms with Gasteiger partial charge < -0.3 is 10.3 Å². The molecule has 1 atom stereocenters. The normalized spacial score (nSPS) is 27.2. The van der Waals surface area contributed by atoms with Crippen LogP contribution >= 0.6 is 11.8 Å². The van der Waals surface area contributed by atoms with Gasteiger partial charge in [-0.1, -0.05) is 5.16 Å². The summed E-state index contributed by atoms with van der Waals surface area (Å²) < 4.78 is 40.6. The molecule has 1 unspecified atom stereocenters. The molecule has 0 spiro atoms. The highest BCUT2D eigenvalue weighted by molar-refractivity contribution is 7.99. The Balaban J connectivity index is 2.27. The molecule has 1 aliphatic rings. The van der Waals surface area contributed by atoms with Crippen molar-refractivity contribution < 1.29 is 17.7 Å². The minimum Gasteiger partial charge on any atom is -0.329 e. The monoisotopic (exact) mass is 239 g/mol. The molecule has 15 heavy (non-hydrogen) atoms. The molecular formula is C7H8F3N3OS. The summed E-state index contributed by atoms with van der Waals surface area (Å²) >= 11 is 1.56. The molecule has 1 saturated heterocycles. The van der Waals surface area contributed by atoms with Crippen molar-refractivity contribution in [2.24, 2.45) is 5.73 Å². The van der Waals surface area contributed by atoms with Gasteiger partial charge in [0.15, 0.2) is 5.82 Å². The van der Waals surface area contributed by atoms with Crippen molar-refractivity contribution in [1.29, 1.82) is 0 Å². The zero-order valence-electron chi connectivity index (χ0n) is 7.54. The van der Waals surface area contributed by atoms with Gasteiger partial charge in [-0.15, -0.1) is 0 Å². The summed E-state index contributed by atoms with van der Waals surface area (Å²) in [6.45, 7) is 0. The molecule has 0 radical (unpaired) electrons. The first-order chi connectivity index (χ1) is 6.92. The van der Waals surface area contributed by atoms with Crippen LogP contribution in [-0.4, -0.2) is 21.6 Å². The topological polar surface area (TPSA) is 64.9 Å². The summed E-state index contributed by atoms with van der Waals surface area (Å²) in [6.07, 6.45) is -4.04. The molecule has 0 bridgehead atoms. The van der Waals surface area contributed by atoms with E-state index in [9.17, 15) is 13.2 Å². The van der Waals surface area contributed by atoms with E-state index in [2.05, 4.69) is 14.7 Å². The zero-order valence-corrected chi connectivity index (χ0v) is 8.36. The molecule has 1 fully saturated rings. The van der Waals surface area contributed by atoms with E-state index >= 15 is 0 Å². The molecule has 1 aromatic rings. The van der Waals surface area contributed by atoms with Crippen molar-refractivity contribution in [2.45, 2.75) is 18.1 Å². The van der Waals surface area contributed by atoms with E-state index in [1.54, 1.807) is 11.8 Å². The number of nitrogens with zero attached hydrogens (tertiary/aromatic N) is 2. The van der Waals surface area contributed by atoms with Gasteiger partial charge >= 0.3 is 12.1 Å². The second-order valence-corrected chi connectivity index (χ2v) is 4.48. The molecule has 2 heterocycles. The fourth-order valence-electron chi connectivity index (χ4n) is 1.30. The quantitative estimate of drug-likeness (QED) is 0.802. The van der Waals surface area contributed by atoms with E-state index < -0.39 is 17.6 Å². The highest BCUT2D eigenvalue weighted by atomic mass is 32.2. The first-order valence-corrected chi connectivity index (χ1v) is 5.35. The Labute approximate surface area is 87.4 Å². The maximum absolute atomic E-state index is 12.2. The fourth-order valence-corrected chi connectivity index (χ4v) is 2.59. The lowest BCUT2D eigenvalue weighted by molar-refractivity contribution is -0.159.